The van der Waals surface area contributed by atoms with Gasteiger partial charge in [0.15, 0.2) is 0 Å². The van der Waals surface area contributed by atoms with Crippen LogP contribution in [-0.2, 0) is 39.4 Å². The number of aryl methyl sites for hydroxylation is 3. The van der Waals surface area contributed by atoms with Crippen LogP contribution in [0.2, 0.25) is 0 Å². The van der Waals surface area contributed by atoms with Crippen molar-refractivity contribution in [2.75, 3.05) is 5.32 Å². The lowest BCUT2D eigenvalue weighted by molar-refractivity contribution is 0.525. The molecule has 2 aromatic rings. The molecule has 2 aliphatic rings. The molecule has 0 amide bonds. The SMILES string of the molecule is Cn1nc2c(c1CNc1nnc3n1CCCC3)CCC2. The monoisotopic (exact) mass is 272 g/mol. The summed E-state index contributed by atoms with van der Waals surface area (Å²) < 4.78 is 4.24. The van der Waals surface area contributed by atoms with Gasteiger partial charge in [-0.1, -0.05) is 0 Å². The molecule has 0 fully saturated rings. The van der Waals surface area contributed by atoms with Crippen molar-refractivity contribution in [1.82, 2.24) is 24.5 Å². The zero-order valence-corrected chi connectivity index (χ0v) is 11.9. The van der Waals surface area contributed by atoms with Crippen molar-refractivity contribution < 1.29 is 0 Å². The van der Waals surface area contributed by atoms with Crippen LogP contribution in [0.25, 0.3) is 0 Å². The second-order valence-electron chi connectivity index (χ2n) is 5.75. The quantitative estimate of drug-likeness (QED) is 0.918. The van der Waals surface area contributed by atoms with Crippen molar-refractivity contribution in [2.24, 2.45) is 7.05 Å². The molecular weight excluding hydrogens is 252 g/mol. The number of anilines is 1. The Bertz CT molecular complexity index is 638. The molecule has 0 bridgehead atoms. The normalized spacial score (nSPS) is 17.1. The number of nitrogens with one attached hydrogen (secondary N) is 1. The van der Waals surface area contributed by atoms with Crippen LogP contribution < -0.4 is 5.32 Å². The number of nitrogens with zero attached hydrogens (tertiary/aromatic N) is 5. The molecule has 0 radical (unpaired) electrons. The van der Waals surface area contributed by atoms with Crippen molar-refractivity contribution in [3.63, 3.8) is 0 Å². The Hall–Kier alpha value is -1.85. The van der Waals surface area contributed by atoms with Gasteiger partial charge in [-0.15, -0.1) is 10.2 Å². The molecule has 6 heteroatoms. The second-order valence-corrected chi connectivity index (χ2v) is 5.75. The van der Waals surface area contributed by atoms with E-state index in [1.54, 1.807) is 0 Å². The van der Waals surface area contributed by atoms with Crippen molar-refractivity contribution in [3.05, 3.63) is 22.8 Å². The van der Waals surface area contributed by atoms with E-state index in [2.05, 4.69) is 25.2 Å². The Morgan fingerprint density at radius 1 is 1.10 bits per heavy atom. The van der Waals surface area contributed by atoms with Gasteiger partial charge < -0.3 is 5.32 Å². The lowest BCUT2D eigenvalue weighted by atomic mass is 10.2. The summed E-state index contributed by atoms with van der Waals surface area (Å²) in [6.07, 6.45) is 7.04. The third kappa shape index (κ3) is 1.82. The smallest absolute Gasteiger partial charge is 0.224 e. The predicted octanol–water partition coefficient (Wildman–Crippen LogP) is 1.45. The van der Waals surface area contributed by atoms with Crippen molar-refractivity contribution in [1.29, 1.82) is 0 Å². The number of fused-ring (bicyclic) bond motifs is 2. The molecule has 1 N–H and O–H groups in total. The van der Waals surface area contributed by atoms with E-state index in [0.717, 1.165) is 44.1 Å². The van der Waals surface area contributed by atoms with Crippen LogP contribution in [0.1, 0.15) is 42.0 Å². The van der Waals surface area contributed by atoms with E-state index in [1.165, 1.54) is 36.2 Å². The third-order valence-electron chi connectivity index (χ3n) is 4.47. The van der Waals surface area contributed by atoms with Gasteiger partial charge in [-0.25, -0.2) is 0 Å². The maximum atomic E-state index is 4.61. The highest BCUT2D eigenvalue weighted by atomic mass is 15.4. The first-order valence-corrected chi connectivity index (χ1v) is 7.52. The van der Waals surface area contributed by atoms with Gasteiger partial charge in [0.2, 0.25) is 5.95 Å². The van der Waals surface area contributed by atoms with Crippen LogP contribution in [0.15, 0.2) is 0 Å². The van der Waals surface area contributed by atoms with Crippen LogP contribution in [0.5, 0.6) is 0 Å². The molecule has 0 aromatic carbocycles. The van der Waals surface area contributed by atoms with Crippen molar-refractivity contribution in [2.45, 2.75) is 51.6 Å². The van der Waals surface area contributed by atoms with Gasteiger partial charge >= 0.3 is 0 Å². The summed E-state index contributed by atoms with van der Waals surface area (Å²) in [7, 11) is 2.04. The molecule has 0 saturated heterocycles. The minimum atomic E-state index is 0.789. The largest absolute Gasteiger partial charge is 0.349 e. The van der Waals surface area contributed by atoms with Crippen molar-refractivity contribution in [3.8, 4) is 0 Å². The van der Waals surface area contributed by atoms with Gasteiger partial charge in [0, 0.05) is 20.0 Å². The molecule has 2 aromatic heterocycles. The van der Waals surface area contributed by atoms with Gasteiger partial charge in [-0.05, 0) is 37.7 Å². The number of hydrogen-bond donors (Lipinski definition) is 1. The number of hydrogen-bond acceptors (Lipinski definition) is 4. The summed E-state index contributed by atoms with van der Waals surface area (Å²) in [5.74, 6) is 2.03. The van der Waals surface area contributed by atoms with Gasteiger partial charge in [0.1, 0.15) is 5.82 Å². The molecule has 0 spiro atoms. The second kappa shape index (κ2) is 4.61. The van der Waals surface area contributed by atoms with Gasteiger partial charge in [0.05, 0.1) is 17.9 Å². The first kappa shape index (κ1) is 11.9. The van der Waals surface area contributed by atoms with Crippen LogP contribution >= 0.6 is 0 Å². The summed E-state index contributed by atoms with van der Waals surface area (Å²) in [5, 5.41) is 16.6. The molecule has 0 saturated carbocycles. The van der Waals surface area contributed by atoms with Crippen molar-refractivity contribution >= 4 is 5.95 Å². The predicted molar refractivity (Wildman–Crippen MR) is 75.5 cm³/mol. The van der Waals surface area contributed by atoms with Crippen LogP contribution in [0.3, 0.4) is 0 Å². The van der Waals surface area contributed by atoms with E-state index in [4.69, 9.17) is 0 Å². The fourth-order valence-corrected chi connectivity index (χ4v) is 3.41. The molecule has 3 heterocycles. The summed E-state index contributed by atoms with van der Waals surface area (Å²) >= 11 is 0. The zero-order chi connectivity index (χ0) is 13.5. The summed E-state index contributed by atoms with van der Waals surface area (Å²) in [4.78, 5) is 0. The number of aromatic nitrogens is 5. The highest BCUT2D eigenvalue weighted by Crippen LogP contribution is 2.25. The average Bonchev–Trinajstić information content (AvgIpc) is 3.12. The standard InChI is InChI=1S/C14H20N6/c1-19-12(10-5-4-6-11(10)18-19)9-15-14-17-16-13-7-2-3-8-20(13)14/h2-9H2,1H3,(H,15,17). The first-order chi connectivity index (χ1) is 9.83. The Balaban J connectivity index is 1.55. The summed E-state index contributed by atoms with van der Waals surface area (Å²) in [6.45, 7) is 1.82. The molecule has 0 unspecified atom stereocenters. The van der Waals surface area contributed by atoms with Gasteiger partial charge in [-0.2, -0.15) is 5.10 Å². The van der Waals surface area contributed by atoms with E-state index < -0.39 is 0 Å². The molecule has 1 aliphatic heterocycles. The highest BCUT2D eigenvalue weighted by molar-refractivity contribution is 5.34. The minimum Gasteiger partial charge on any atom is -0.349 e. The van der Waals surface area contributed by atoms with Crippen LogP contribution in [0, 0.1) is 0 Å². The Kier molecular flexibility index (Phi) is 2.75. The lowest BCUT2D eigenvalue weighted by Crippen LogP contribution is -2.15. The maximum absolute atomic E-state index is 4.61. The highest BCUT2D eigenvalue weighted by Gasteiger charge is 2.21. The van der Waals surface area contributed by atoms with Gasteiger partial charge in [-0.3, -0.25) is 9.25 Å². The van der Waals surface area contributed by atoms with E-state index in [0.29, 0.717) is 0 Å². The Morgan fingerprint density at radius 3 is 3.00 bits per heavy atom. The summed E-state index contributed by atoms with van der Waals surface area (Å²) in [5.41, 5.74) is 4.02. The minimum absolute atomic E-state index is 0.789. The molecule has 4 rings (SSSR count). The molecule has 20 heavy (non-hydrogen) atoms. The van der Waals surface area contributed by atoms with Crippen LogP contribution in [0.4, 0.5) is 5.95 Å². The summed E-state index contributed by atoms with van der Waals surface area (Å²) in [6, 6.07) is 0. The molecule has 0 atom stereocenters. The average molecular weight is 272 g/mol. The van der Waals surface area contributed by atoms with E-state index in [-0.39, 0.29) is 0 Å². The Morgan fingerprint density at radius 2 is 2.05 bits per heavy atom. The molecule has 1 aliphatic carbocycles. The zero-order valence-electron chi connectivity index (χ0n) is 11.9. The van der Waals surface area contributed by atoms with E-state index in [1.807, 2.05) is 11.7 Å². The fraction of sp³-hybridized carbons (Fsp3) is 0.643. The van der Waals surface area contributed by atoms with E-state index >= 15 is 0 Å². The van der Waals surface area contributed by atoms with E-state index in [9.17, 15) is 0 Å². The fourth-order valence-electron chi connectivity index (χ4n) is 3.41. The van der Waals surface area contributed by atoms with Crippen LogP contribution in [-0.4, -0.2) is 24.5 Å². The topological polar surface area (TPSA) is 60.6 Å². The number of rotatable bonds is 3. The lowest BCUT2D eigenvalue weighted by Gasteiger charge is -2.15. The molecule has 6 nitrogen and oxygen atoms in total. The maximum Gasteiger partial charge on any atom is 0.224 e. The first-order valence-electron chi connectivity index (χ1n) is 7.52. The van der Waals surface area contributed by atoms with Gasteiger partial charge in [0.25, 0.3) is 0 Å². The molecule has 106 valence electrons. The Labute approximate surface area is 118 Å². The third-order valence-corrected chi connectivity index (χ3v) is 4.47. The molecular formula is C14H20N6.